The fraction of sp³-hybridized carbons (Fsp3) is 0.250. The zero-order valence-electron chi connectivity index (χ0n) is 13.5. The van der Waals surface area contributed by atoms with Crippen molar-refractivity contribution in [1.29, 1.82) is 0 Å². The number of hydrogen-bond acceptors (Lipinski definition) is 3. The van der Waals surface area contributed by atoms with Crippen LogP contribution in [0.25, 0.3) is 11.0 Å². The summed E-state index contributed by atoms with van der Waals surface area (Å²) in [4.78, 5) is 13.0. The SMILES string of the molecule is CCc1oc2ccccc2c1C(=O)c1ccc(OCCCBr)cc1. The third kappa shape index (κ3) is 3.39. The van der Waals surface area contributed by atoms with Gasteiger partial charge in [0.1, 0.15) is 17.1 Å². The number of halogens is 1. The number of benzene rings is 2. The highest BCUT2D eigenvalue weighted by molar-refractivity contribution is 9.09. The number of hydrogen-bond donors (Lipinski definition) is 0. The van der Waals surface area contributed by atoms with Crippen LogP contribution < -0.4 is 4.74 Å². The van der Waals surface area contributed by atoms with Crippen LogP contribution in [-0.2, 0) is 6.42 Å². The fourth-order valence-corrected chi connectivity index (χ4v) is 2.91. The summed E-state index contributed by atoms with van der Waals surface area (Å²) in [5.74, 6) is 1.50. The normalized spacial score (nSPS) is 10.9. The lowest BCUT2D eigenvalue weighted by molar-refractivity contribution is 0.103. The minimum atomic E-state index is -0.0104. The first-order valence-corrected chi connectivity index (χ1v) is 9.20. The Balaban J connectivity index is 1.89. The number of fused-ring (bicyclic) bond motifs is 1. The molecule has 0 amide bonds. The zero-order chi connectivity index (χ0) is 16.9. The van der Waals surface area contributed by atoms with Crippen molar-refractivity contribution in [3.63, 3.8) is 0 Å². The molecule has 0 fully saturated rings. The topological polar surface area (TPSA) is 39.4 Å². The van der Waals surface area contributed by atoms with Crippen LogP contribution in [0.3, 0.4) is 0 Å². The summed E-state index contributed by atoms with van der Waals surface area (Å²) < 4.78 is 11.5. The average Bonchev–Trinajstić information content (AvgIpc) is 3.00. The van der Waals surface area contributed by atoms with Crippen molar-refractivity contribution in [3.05, 3.63) is 65.4 Å². The maximum absolute atomic E-state index is 13.0. The van der Waals surface area contributed by atoms with E-state index in [9.17, 15) is 4.79 Å². The van der Waals surface area contributed by atoms with Crippen molar-refractivity contribution in [3.8, 4) is 5.75 Å². The molecule has 0 saturated heterocycles. The van der Waals surface area contributed by atoms with Crippen LogP contribution in [0.5, 0.6) is 5.75 Å². The molecule has 4 heteroatoms. The number of rotatable bonds is 7. The second-order valence-electron chi connectivity index (χ2n) is 5.49. The van der Waals surface area contributed by atoms with E-state index in [4.69, 9.17) is 9.15 Å². The molecule has 3 aromatic rings. The molecule has 0 aliphatic rings. The molecule has 0 atom stereocenters. The number of furan rings is 1. The van der Waals surface area contributed by atoms with E-state index in [0.717, 1.165) is 34.2 Å². The molecular weight excluding hydrogens is 368 g/mol. The van der Waals surface area contributed by atoms with Gasteiger partial charge >= 0.3 is 0 Å². The summed E-state index contributed by atoms with van der Waals surface area (Å²) in [6.07, 6.45) is 1.63. The lowest BCUT2D eigenvalue weighted by Crippen LogP contribution is -2.04. The molecule has 0 saturated carbocycles. The summed E-state index contributed by atoms with van der Waals surface area (Å²) in [5, 5.41) is 1.79. The van der Waals surface area contributed by atoms with E-state index in [1.54, 1.807) is 0 Å². The van der Waals surface area contributed by atoms with E-state index in [1.165, 1.54) is 0 Å². The first kappa shape index (κ1) is 16.8. The smallest absolute Gasteiger partial charge is 0.197 e. The Labute approximate surface area is 149 Å². The van der Waals surface area contributed by atoms with Crippen LogP contribution in [0.4, 0.5) is 0 Å². The largest absolute Gasteiger partial charge is 0.494 e. The monoisotopic (exact) mass is 386 g/mol. The maximum Gasteiger partial charge on any atom is 0.197 e. The van der Waals surface area contributed by atoms with Gasteiger partial charge in [-0.1, -0.05) is 41.1 Å². The van der Waals surface area contributed by atoms with Crippen molar-refractivity contribution in [2.75, 3.05) is 11.9 Å². The Kier molecular flexibility index (Phi) is 5.36. The van der Waals surface area contributed by atoms with Crippen molar-refractivity contribution < 1.29 is 13.9 Å². The molecule has 1 heterocycles. The number of carbonyl (C=O) groups is 1. The molecule has 1 aromatic heterocycles. The Morgan fingerprint density at radius 1 is 1.12 bits per heavy atom. The summed E-state index contributed by atoms with van der Waals surface area (Å²) >= 11 is 3.38. The molecule has 24 heavy (non-hydrogen) atoms. The van der Waals surface area contributed by atoms with Gasteiger partial charge < -0.3 is 9.15 Å². The Hall–Kier alpha value is -2.07. The van der Waals surface area contributed by atoms with Gasteiger partial charge in [0.25, 0.3) is 0 Å². The number of ether oxygens (including phenoxy) is 1. The van der Waals surface area contributed by atoms with Crippen molar-refractivity contribution in [1.82, 2.24) is 0 Å². The van der Waals surface area contributed by atoms with Gasteiger partial charge in [0.2, 0.25) is 0 Å². The Morgan fingerprint density at radius 3 is 2.58 bits per heavy atom. The molecule has 124 valence electrons. The number of para-hydroxylation sites is 1. The summed E-state index contributed by atoms with van der Waals surface area (Å²) in [6, 6.07) is 15.0. The number of carbonyl (C=O) groups excluding carboxylic acids is 1. The zero-order valence-corrected chi connectivity index (χ0v) is 15.1. The van der Waals surface area contributed by atoms with Crippen molar-refractivity contribution >= 4 is 32.7 Å². The minimum Gasteiger partial charge on any atom is -0.494 e. The van der Waals surface area contributed by atoms with E-state index in [0.29, 0.717) is 24.2 Å². The maximum atomic E-state index is 13.0. The molecule has 0 aliphatic carbocycles. The van der Waals surface area contributed by atoms with Gasteiger partial charge in [-0.15, -0.1) is 0 Å². The van der Waals surface area contributed by atoms with Crippen LogP contribution in [0.2, 0.25) is 0 Å². The predicted octanol–water partition coefficient (Wildman–Crippen LogP) is 5.39. The summed E-state index contributed by atoms with van der Waals surface area (Å²) in [7, 11) is 0. The number of aryl methyl sites for hydroxylation is 1. The highest BCUT2D eigenvalue weighted by atomic mass is 79.9. The van der Waals surface area contributed by atoms with E-state index >= 15 is 0 Å². The fourth-order valence-electron chi connectivity index (χ4n) is 2.69. The molecule has 0 bridgehead atoms. The van der Waals surface area contributed by atoms with E-state index in [-0.39, 0.29) is 5.78 Å². The van der Waals surface area contributed by atoms with Gasteiger partial charge in [-0.05, 0) is 36.8 Å². The summed E-state index contributed by atoms with van der Waals surface area (Å²) in [6.45, 7) is 2.65. The van der Waals surface area contributed by atoms with Gasteiger partial charge in [0.15, 0.2) is 5.78 Å². The van der Waals surface area contributed by atoms with Gasteiger partial charge in [0, 0.05) is 22.7 Å². The first-order chi connectivity index (χ1) is 11.7. The lowest BCUT2D eigenvalue weighted by Gasteiger charge is -2.06. The van der Waals surface area contributed by atoms with Crippen LogP contribution in [0.15, 0.2) is 52.9 Å². The first-order valence-electron chi connectivity index (χ1n) is 8.08. The predicted molar refractivity (Wildman–Crippen MR) is 99.4 cm³/mol. The van der Waals surface area contributed by atoms with Gasteiger partial charge in [-0.2, -0.15) is 0 Å². The number of ketones is 1. The van der Waals surface area contributed by atoms with Crippen LogP contribution in [0, 0.1) is 0 Å². The molecule has 3 nitrogen and oxygen atoms in total. The lowest BCUT2D eigenvalue weighted by atomic mass is 9.99. The Morgan fingerprint density at radius 2 is 1.88 bits per heavy atom. The molecular formula is C20H19BrO3. The average molecular weight is 387 g/mol. The minimum absolute atomic E-state index is 0.0104. The van der Waals surface area contributed by atoms with Gasteiger partial charge in [-0.3, -0.25) is 4.79 Å². The number of alkyl halides is 1. The standard InChI is InChI=1S/C20H19BrO3/c1-2-17-19(16-6-3-4-7-18(16)24-17)20(22)14-8-10-15(11-9-14)23-13-5-12-21/h3-4,6-11H,2,5,12-13H2,1H3. The second-order valence-corrected chi connectivity index (χ2v) is 6.29. The molecule has 0 radical (unpaired) electrons. The van der Waals surface area contributed by atoms with Crippen molar-refractivity contribution in [2.24, 2.45) is 0 Å². The third-order valence-electron chi connectivity index (χ3n) is 3.88. The Bertz CT molecular complexity index is 834. The van der Waals surface area contributed by atoms with E-state index in [2.05, 4.69) is 15.9 Å². The molecule has 0 aliphatic heterocycles. The molecule has 0 spiro atoms. The van der Waals surface area contributed by atoms with Crippen LogP contribution in [-0.4, -0.2) is 17.7 Å². The molecule has 0 unspecified atom stereocenters. The highest BCUT2D eigenvalue weighted by Gasteiger charge is 2.20. The van der Waals surface area contributed by atoms with Gasteiger partial charge in [0.05, 0.1) is 12.2 Å². The molecule has 0 N–H and O–H groups in total. The highest BCUT2D eigenvalue weighted by Crippen LogP contribution is 2.29. The third-order valence-corrected chi connectivity index (χ3v) is 4.44. The van der Waals surface area contributed by atoms with E-state index < -0.39 is 0 Å². The van der Waals surface area contributed by atoms with Gasteiger partial charge in [-0.25, -0.2) is 0 Å². The second kappa shape index (κ2) is 7.67. The van der Waals surface area contributed by atoms with Crippen LogP contribution >= 0.6 is 15.9 Å². The summed E-state index contributed by atoms with van der Waals surface area (Å²) in [5.41, 5.74) is 2.07. The molecule has 2 aromatic carbocycles. The van der Waals surface area contributed by atoms with Crippen LogP contribution in [0.1, 0.15) is 35.0 Å². The van der Waals surface area contributed by atoms with Crippen molar-refractivity contribution in [2.45, 2.75) is 19.8 Å². The quantitative estimate of drug-likeness (QED) is 0.310. The van der Waals surface area contributed by atoms with E-state index in [1.807, 2.05) is 55.5 Å². The molecule has 3 rings (SSSR count).